The van der Waals surface area contributed by atoms with Crippen LogP contribution in [-0.4, -0.2) is 37.4 Å². The average molecular weight is 396 g/mol. The maximum Gasteiger partial charge on any atom is 0.274 e. The van der Waals surface area contributed by atoms with E-state index in [1.807, 2.05) is 29.8 Å². The number of aromatic nitrogens is 4. The van der Waals surface area contributed by atoms with Crippen molar-refractivity contribution in [3.8, 4) is 5.75 Å². The second kappa shape index (κ2) is 8.51. The van der Waals surface area contributed by atoms with Gasteiger partial charge in [-0.1, -0.05) is 32.9 Å². The Hall–Kier alpha value is -3.09. The van der Waals surface area contributed by atoms with Crippen molar-refractivity contribution < 1.29 is 9.53 Å². The van der Waals surface area contributed by atoms with Gasteiger partial charge in [0, 0.05) is 26.0 Å². The molecule has 0 N–H and O–H groups in total. The van der Waals surface area contributed by atoms with Crippen molar-refractivity contribution in [3.05, 3.63) is 65.7 Å². The molecule has 1 amide bonds. The number of amides is 1. The first kappa shape index (κ1) is 20.6. The molecular weight excluding hydrogens is 366 g/mol. The molecule has 2 aromatic heterocycles. The predicted octanol–water partition coefficient (Wildman–Crippen LogP) is 3.71. The maximum atomic E-state index is 12.7. The van der Waals surface area contributed by atoms with Gasteiger partial charge in [0.25, 0.3) is 5.91 Å². The van der Waals surface area contributed by atoms with Crippen molar-refractivity contribution in [2.45, 2.75) is 52.9 Å². The third kappa shape index (κ3) is 5.04. The van der Waals surface area contributed by atoms with Crippen LogP contribution < -0.4 is 4.74 Å². The van der Waals surface area contributed by atoms with Gasteiger partial charge in [0.2, 0.25) is 0 Å². The van der Waals surface area contributed by atoms with Gasteiger partial charge >= 0.3 is 0 Å². The van der Waals surface area contributed by atoms with Crippen molar-refractivity contribution in [3.63, 3.8) is 0 Å². The highest BCUT2D eigenvalue weighted by atomic mass is 16.5. The van der Waals surface area contributed by atoms with Gasteiger partial charge in [0.15, 0.2) is 12.4 Å². The second-order valence-electron chi connectivity index (χ2n) is 8.09. The molecule has 0 bridgehead atoms. The zero-order valence-corrected chi connectivity index (χ0v) is 17.8. The topological polar surface area (TPSA) is 65.2 Å². The highest BCUT2D eigenvalue weighted by Crippen LogP contribution is 2.24. The lowest BCUT2D eigenvalue weighted by Crippen LogP contribution is -2.28. The molecule has 0 saturated heterocycles. The number of nitrogens with zero attached hydrogens (tertiary/aromatic N) is 5. The number of hydrogen-bond acceptors (Lipinski definition) is 4. The largest absolute Gasteiger partial charge is 0.471 e. The van der Waals surface area contributed by atoms with Crippen LogP contribution in [0.5, 0.6) is 5.75 Å². The molecule has 0 aliphatic heterocycles. The lowest BCUT2D eigenvalue weighted by molar-refractivity contribution is 0.0773. The molecule has 154 valence electrons. The Morgan fingerprint density at radius 3 is 2.52 bits per heavy atom. The molecule has 7 nitrogen and oxygen atoms in total. The number of carbonyl (C=O) groups excluding carboxylic acids is 1. The Labute approximate surface area is 171 Å². The number of benzene rings is 1. The van der Waals surface area contributed by atoms with Gasteiger partial charge in [0.05, 0.1) is 12.2 Å². The molecule has 0 spiro atoms. The van der Waals surface area contributed by atoms with Gasteiger partial charge in [-0.2, -0.15) is 10.2 Å². The molecule has 0 aliphatic carbocycles. The van der Waals surface area contributed by atoms with Crippen molar-refractivity contribution in [2.75, 3.05) is 7.05 Å². The van der Waals surface area contributed by atoms with Crippen LogP contribution in [0, 0.1) is 0 Å². The molecule has 3 rings (SSSR count). The number of aryl methyl sites for hydroxylation is 1. The van der Waals surface area contributed by atoms with Gasteiger partial charge in [-0.15, -0.1) is 0 Å². The van der Waals surface area contributed by atoms with E-state index in [-0.39, 0.29) is 18.1 Å². The normalized spacial score (nSPS) is 11.5. The maximum absolute atomic E-state index is 12.7. The van der Waals surface area contributed by atoms with Crippen LogP contribution in [0.1, 0.15) is 49.4 Å². The fourth-order valence-electron chi connectivity index (χ4n) is 3.03. The minimum atomic E-state index is -0.137. The Balaban J connectivity index is 1.58. The summed E-state index contributed by atoms with van der Waals surface area (Å²) in [6, 6.07) is 11.7. The zero-order valence-electron chi connectivity index (χ0n) is 17.8. The van der Waals surface area contributed by atoms with Gasteiger partial charge in [-0.3, -0.25) is 9.48 Å². The predicted molar refractivity (Wildman–Crippen MR) is 112 cm³/mol. The lowest BCUT2D eigenvalue weighted by atomic mass is 9.87. The Morgan fingerprint density at radius 1 is 1.14 bits per heavy atom. The average Bonchev–Trinajstić information content (AvgIpc) is 3.34. The molecule has 0 saturated carbocycles. The van der Waals surface area contributed by atoms with E-state index < -0.39 is 0 Å². The fraction of sp³-hybridized carbons (Fsp3) is 0.409. The van der Waals surface area contributed by atoms with Crippen molar-refractivity contribution >= 4 is 5.91 Å². The molecule has 0 fully saturated rings. The van der Waals surface area contributed by atoms with Crippen LogP contribution in [0.3, 0.4) is 0 Å². The molecule has 7 heteroatoms. The summed E-state index contributed by atoms with van der Waals surface area (Å²) >= 11 is 0. The summed E-state index contributed by atoms with van der Waals surface area (Å²) in [7, 11) is 1.77. The molecular formula is C22H29N5O2. The number of carbonyl (C=O) groups is 1. The van der Waals surface area contributed by atoms with E-state index in [2.05, 4.69) is 43.1 Å². The second-order valence-corrected chi connectivity index (χ2v) is 8.09. The van der Waals surface area contributed by atoms with E-state index in [4.69, 9.17) is 4.74 Å². The molecule has 1 aromatic carbocycles. The fourth-order valence-corrected chi connectivity index (χ4v) is 3.03. The highest BCUT2D eigenvalue weighted by molar-refractivity contribution is 5.91. The summed E-state index contributed by atoms with van der Waals surface area (Å²) in [6.45, 7) is 10.1. The quantitative estimate of drug-likeness (QED) is 0.612. The first-order chi connectivity index (χ1) is 13.8. The van der Waals surface area contributed by atoms with E-state index in [0.717, 1.165) is 18.0 Å². The van der Waals surface area contributed by atoms with E-state index >= 15 is 0 Å². The van der Waals surface area contributed by atoms with E-state index in [1.54, 1.807) is 35.1 Å². The summed E-state index contributed by atoms with van der Waals surface area (Å²) in [4.78, 5) is 14.3. The first-order valence-electron chi connectivity index (χ1n) is 9.81. The van der Waals surface area contributed by atoms with Gasteiger partial charge in [-0.25, -0.2) is 4.68 Å². The van der Waals surface area contributed by atoms with Crippen LogP contribution in [0.25, 0.3) is 0 Å². The Morgan fingerprint density at radius 2 is 1.86 bits per heavy atom. The molecule has 0 radical (unpaired) electrons. The molecule has 2 heterocycles. The minimum Gasteiger partial charge on any atom is -0.471 e. The third-order valence-electron chi connectivity index (χ3n) is 4.79. The summed E-state index contributed by atoms with van der Waals surface area (Å²) < 4.78 is 9.29. The minimum absolute atomic E-state index is 0.108. The number of ether oxygens (including phenoxy) is 1. The van der Waals surface area contributed by atoms with Crippen LogP contribution in [0.2, 0.25) is 0 Å². The Bertz CT molecular complexity index is 950. The van der Waals surface area contributed by atoms with Gasteiger partial charge < -0.3 is 9.64 Å². The monoisotopic (exact) mass is 395 g/mol. The zero-order chi connectivity index (χ0) is 21.0. The van der Waals surface area contributed by atoms with Crippen LogP contribution in [-0.2, 0) is 25.2 Å². The van der Waals surface area contributed by atoms with Crippen molar-refractivity contribution in [1.82, 2.24) is 24.5 Å². The van der Waals surface area contributed by atoms with Crippen LogP contribution in [0.15, 0.2) is 48.8 Å². The standard InChI is InChI=1S/C22H29N5O2/c1-6-27-18(11-13-23-27)15-25(5)21(28)20-12-14-26(24-20)16-29-19-9-7-17(8-10-19)22(2,3)4/h7-14H,6,15-16H2,1-5H3. The van der Waals surface area contributed by atoms with Crippen molar-refractivity contribution in [1.29, 1.82) is 0 Å². The Kier molecular flexibility index (Phi) is 6.06. The van der Waals surface area contributed by atoms with E-state index in [1.165, 1.54) is 5.56 Å². The molecule has 3 aromatic rings. The molecule has 0 aliphatic rings. The smallest absolute Gasteiger partial charge is 0.274 e. The van der Waals surface area contributed by atoms with E-state index in [9.17, 15) is 4.79 Å². The lowest BCUT2D eigenvalue weighted by Gasteiger charge is -2.19. The SMILES string of the molecule is CCn1nccc1CN(C)C(=O)c1ccn(COc2ccc(C(C)(C)C)cc2)n1. The molecule has 0 atom stereocenters. The summed E-state index contributed by atoms with van der Waals surface area (Å²) in [5, 5.41) is 8.59. The van der Waals surface area contributed by atoms with Crippen LogP contribution in [0.4, 0.5) is 0 Å². The molecule has 0 unspecified atom stereocenters. The number of hydrogen-bond donors (Lipinski definition) is 0. The summed E-state index contributed by atoms with van der Waals surface area (Å²) in [6.07, 6.45) is 3.50. The van der Waals surface area contributed by atoms with Crippen LogP contribution >= 0.6 is 0 Å². The third-order valence-corrected chi connectivity index (χ3v) is 4.79. The van der Waals surface area contributed by atoms with E-state index in [0.29, 0.717) is 12.2 Å². The van der Waals surface area contributed by atoms with Crippen molar-refractivity contribution in [2.24, 2.45) is 0 Å². The van der Waals surface area contributed by atoms with Gasteiger partial charge in [-0.05, 0) is 42.2 Å². The van der Waals surface area contributed by atoms with Gasteiger partial charge in [0.1, 0.15) is 5.75 Å². The first-order valence-corrected chi connectivity index (χ1v) is 9.81. The highest BCUT2D eigenvalue weighted by Gasteiger charge is 2.17. The summed E-state index contributed by atoms with van der Waals surface area (Å²) in [5.74, 6) is 0.633. The molecule has 29 heavy (non-hydrogen) atoms. The summed E-state index contributed by atoms with van der Waals surface area (Å²) in [5.41, 5.74) is 2.74. The number of rotatable bonds is 7.